The van der Waals surface area contributed by atoms with Gasteiger partial charge in [-0.05, 0) is 47.0 Å². The quantitative estimate of drug-likeness (QED) is 0.339. The number of hydrogen-bond donors (Lipinski definition) is 2. The van der Waals surface area contributed by atoms with Crippen molar-refractivity contribution >= 4 is 12.1 Å². The lowest BCUT2D eigenvalue weighted by molar-refractivity contribution is 0.0171. The van der Waals surface area contributed by atoms with Gasteiger partial charge >= 0.3 is 6.09 Å². The van der Waals surface area contributed by atoms with E-state index in [1.54, 1.807) is 11.9 Å². The van der Waals surface area contributed by atoms with Crippen LogP contribution in [0.2, 0.25) is 0 Å². The van der Waals surface area contributed by atoms with E-state index in [-0.39, 0.29) is 12.2 Å². The summed E-state index contributed by atoms with van der Waals surface area (Å²) < 4.78 is 16.5. The van der Waals surface area contributed by atoms with Crippen LogP contribution < -0.4 is 10.6 Å². The van der Waals surface area contributed by atoms with Crippen molar-refractivity contribution in [3.8, 4) is 0 Å². The molecule has 0 aromatic carbocycles. The summed E-state index contributed by atoms with van der Waals surface area (Å²) in [5, 5.41) is 6.44. The molecular formula is C19H38N4O4. The van der Waals surface area contributed by atoms with Gasteiger partial charge in [0.2, 0.25) is 0 Å². The summed E-state index contributed by atoms with van der Waals surface area (Å²) in [5.41, 5.74) is -0.485. The Bertz CT molecular complexity index is 445. The Balaban J connectivity index is 2.19. The van der Waals surface area contributed by atoms with E-state index < -0.39 is 5.60 Å². The Morgan fingerprint density at radius 2 is 2.11 bits per heavy atom. The molecule has 8 nitrogen and oxygen atoms in total. The average Bonchev–Trinajstić information content (AvgIpc) is 3.09. The summed E-state index contributed by atoms with van der Waals surface area (Å²) in [7, 11) is 1.73. The van der Waals surface area contributed by atoms with Gasteiger partial charge in [-0.1, -0.05) is 0 Å². The first-order chi connectivity index (χ1) is 12.8. The van der Waals surface area contributed by atoms with Crippen LogP contribution in [0, 0.1) is 0 Å². The molecule has 1 rings (SSSR count). The Morgan fingerprint density at radius 1 is 1.33 bits per heavy atom. The highest BCUT2D eigenvalue weighted by Gasteiger charge is 2.19. The van der Waals surface area contributed by atoms with Crippen LogP contribution >= 0.6 is 0 Å². The van der Waals surface area contributed by atoms with Gasteiger partial charge in [0.25, 0.3) is 0 Å². The number of likely N-dealkylation sites (N-methyl/N-ethyl adjacent to an activating group) is 1. The fourth-order valence-corrected chi connectivity index (χ4v) is 2.46. The van der Waals surface area contributed by atoms with Crippen molar-refractivity contribution < 1.29 is 19.0 Å². The number of carbonyl (C=O) groups is 1. The van der Waals surface area contributed by atoms with Crippen molar-refractivity contribution in [2.75, 3.05) is 53.0 Å². The summed E-state index contributed by atoms with van der Waals surface area (Å²) in [6.07, 6.45) is 3.05. The maximum atomic E-state index is 11.9. The van der Waals surface area contributed by atoms with Gasteiger partial charge in [-0.15, -0.1) is 0 Å². The van der Waals surface area contributed by atoms with Gasteiger partial charge < -0.3 is 29.7 Å². The normalized spacial score (nSPS) is 17.7. The molecule has 0 spiro atoms. The van der Waals surface area contributed by atoms with Crippen molar-refractivity contribution in [3.63, 3.8) is 0 Å². The zero-order valence-electron chi connectivity index (χ0n) is 17.7. The third-order valence-electron chi connectivity index (χ3n) is 3.83. The van der Waals surface area contributed by atoms with Crippen LogP contribution in [0.25, 0.3) is 0 Å². The molecule has 1 aliphatic rings. The van der Waals surface area contributed by atoms with E-state index in [2.05, 4.69) is 15.6 Å². The van der Waals surface area contributed by atoms with Gasteiger partial charge in [-0.3, -0.25) is 4.99 Å². The van der Waals surface area contributed by atoms with E-state index in [4.69, 9.17) is 14.2 Å². The molecule has 0 bridgehead atoms. The third kappa shape index (κ3) is 11.7. The predicted molar refractivity (Wildman–Crippen MR) is 107 cm³/mol. The van der Waals surface area contributed by atoms with E-state index in [0.717, 1.165) is 38.4 Å². The van der Waals surface area contributed by atoms with E-state index in [9.17, 15) is 4.79 Å². The lowest BCUT2D eigenvalue weighted by Crippen LogP contribution is -2.43. The second-order valence-electron chi connectivity index (χ2n) is 7.65. The van der Waals surface area contributed by atoms with Crippen LogP contribution in [0.5, 0.6) is 0 Å². The SMILES string of the molecule is CCNC(=NCCCOCC1CCCO1)NCCN(C)C(=O)OC(C)(C)C. The number of rotatable bonds is 10. The topological polar surface area (TPSA) is 84.4 Å². The van der Waals surface area contributed by atoms with Crippen LogP contribution in [-0.4, -0.2) is 81.7 Å². The van der Waals surface area contributed by atoms with Gasteiger partial charge in [0.15, 0.2) is 5.96 Å². The number of ether oxygens (including phenoxy) is 3. The lowest BCUT2D eigenvalue weighted by atomic mass is 10.2. The van der Waals surface area contributed by atoms with Crippen molar-refractivity contribution in [2.45, 2.75) is 58.7 Å². The zero-order valence-corrected chi connectivity index (χ0v) is 17.7. The van der Waals surface area contributed by atoms with Crippen LogP contribution in [0.15, 0.2) is 4.99 Å². The molecule has 1 fully saturated rings. The Morgan fingerprint density at radius 3 is 2.74 bits per heavy atom. The molecule has 1 heterocycles. The van der Waals surface area contributed by atoms with E-state index in [1.165, 1.54) is 0 Å². The van der Waals surface area contributed by atoms with E-state index in [1.807, 2.05) is 27.7 Å². The fraction of sp³-hybridized carbons (Fsp3) is 0.895. The number of carbonyl (C=O) groups excluding carboxylic acids is 1. The number of aliphatic imine (C=N–C) groups is 1. The molecule has 1 atom stereocenters. The summed E-state index contributed by atoms with van der Waals surface area (Å²) >= 11 is 0. The van der Waals surface area contributed by atoms with Gasteiger partial charge in [0, 0.05) is 46.4 Å². The maximum absolute atomic E-state index is 11.9. The van der Waals surface area contributed by atoms with Crippen molar-refractivity contribution in [1.82, 2.24) is 15.5 Å². The number of hydrogen-bond acceptors (Lipinski definition) is 5. The monoisotopic (exact) mass is 386 g/mol. The fourth-order valence-electron chi connectivity index (χ4n) is 2.46. The average molecular weight is 387 g/mol. The third-order valence-corrected chi connectivity index (χ3v) is 3.83. The first-order valence-electron chi connectivity index (χ1n) is 9.97. The van der Waals surface area contributed by atoms with Crippen molar-refractivity contribution in [2.24, 2.45) is 4.99 Å². The predicted octanol–water partition coefficient (Wildman–Crippen LogP) is 1.99. The second kappa shape index (κ2) is 12.8. The lowest BCUT2D eigenvalue weighted by Gasteiger charge is -2.24. The van der Waals surface area contributed by atoms with Gasteiger partial charge in [-0.25, -0.2) is 4.79 Å². The highest BCUT2D eigenvalue weighted by molar-refractivity contribution is 5.79. The number of nitrogens with one attached hydrogen (secondary N) is 2. The van der Waals surface area contributed by atoms with Crippen molar-refractivity contribution in [3.05, 3.63) is 0 Å². The highest BCUT2D eigenvalue weighted by Crippen LogP contribution is 2.12. The zero-order chi connectivity index (χ0) is 20.1. The first kappa shape index (κ1) is 23.5. The van der Waals surface area contributed by atoms with E-state index >= 15 is 0 Å². The Labute approximate surface area is 164 Å². The van der Waals surface area contributed by atoms with Gasteiger partial charge in [0.05, 0.1) is 12.7 Å². The van der Waals surface area contributed by atoms with Gasteiger partial charge in [-0.2, -0.15) is 0 Å². The van der Waals surface area contributed by atoms with E-state index in [0.29, 0.717) is 32.8 Å². The molecule has 1 amide bonds. The molecule has 0 saturated carbocycles. The molecule has 0 aromatic rings. The molecule has 1 unspecified atom stereocenters. The number of guanidine groups is 1. The van der Waals surface area contributed by atoms with Crippen LogP contribution in [-0.2, 0) is 14.2 Å². The highest BCUT2D eigenvalue weighted by atomic mass is 16.6. The minimum Gasteiger partial charge on any atom is -0.444 e. The Hall–Kier alpha value is -1.54. The standard InChI is InChI=1S/C19H38N4O4/c1-6-20-17(21-10-8-13-25-15-16-9-7-14-26-16)22-11-12-23(5)18(24)27-19(2,3)4/h16H,6-15H2,1-5H3,(H2,20,21,22). The number of nitrogens with zero attached hydrogens (tertiary/aromatic N) is 2. The molecule has 27 heavy (non-hydrogen) atoms. The second-order valence-corrected chi connectivity index (χ2v) is 7.65. The molecule has 0 aliphatic carbocycles. The number of amides is 1. The largest absolute Gasteiger partial charge is 0.444 e. The van der Waals surface area contributed by atoms with Crippen LogP contribution in [0.4, 0.5) is 4.79 Å². The minimum absolute atomic E-state index is 0.273. The summed E-state index contributed by atoms with van der Waals surface area (Å²) in [5.74, 6) is 0.745. The van der Waals surface area contributed by atoms with Gasteiger partial charge in [0.1, 0.15) is 5.60 Å². The summed E-state index contributed by atoms with van der Waals surface area (Å²) in [4.78, 5) is 18.0. The molecule has 1 saturated heterocycles. The molecule has 2 N–H and O–H groups in total. The maximum Gasteiger partial charge on any atom is 0.410 e. The molecule has 0 aromatic heterocycles. The summed E-state index contributed by atoms with van der Waals surface area (Å²) in [6.45, 7) is 12.4. The molecule has 158 valence electrons. The van der Waals surface area contributed by atoms with Crippen LogP contribution in [0.3, 0.4) is 0 Å². The smallest absolute Gasteiger partial charge is 0.410 e. The molecule has 1 aliphatic heterocycles. The first-order valence-corrected chi connectivity index (χ1v) is 9.97. The Kier molecular flexibility index (Phi) is 11.1. The minimum atomic E-state index is -0.485. The molecule has 8 heteroatoms. The molecule has 0 radical (unpaired) electrons. The van der Waals surface area contributed by atoms with Crippen molar-refractivity contribution in [1.29, 1.82) is 0 Å². The summed E-state index contributed by atoms with van der Waals surface area (Å²) in [6, 6.07) is 0. The molecular weight excluding hydrogens is 348 g/mol. The van der Waals surface area contributed by atoms with Crippen LogP contribution in [0.1, 0.15) is 47.0 Å².